The molecule has 1 aliphatic rings. The van der Waals surface area contributed by atoms with Crippen LogP contribution in [0.25, 0.3) is 0 Å². The number of nitrogens with zero attached hydrogens (tertiary/aromatic N) is 1. The van der Waals surface area contributed by atoms with Crippen LogP contribution in [0.3, 0.4) is 0 Å². The lowest BCUT2D eigenvalue weighted by Crippen LogP contribution is -2.52. The number of benzene rings is 1. The molecule has 2 rings (SSSR count). The lowest BCUT2D eigenvalue weighted by Gasteiger charge is -2.44. The molecule has 0 spiro atoms. The van der Waals surface area contributed by atoms with Gasteiger partial charge in [-0.05, 0) is 51.3 Å². The molecule has 1 fully saturated rings. The molecule has 2 nitrogen and oxygen atoms in total. The van der Waals surface area contributed by atoms with E-state index < -0.39 is 0 Å². The molecule has 0 saturated carbocycles. The summed E-state index contributed by atoms with van der Waals surface area (Å²) in [5.41, 5.74) is 3.03. The first kappa shape index (κ1) is 14.4. The van der Waals surface area contributed by atoms with Crippen LogP contribution in [0.15, 0.2) is 24.3 Å². The van der Waals surface area contributed by atoms with Gasteiger partial charge < -0.3 is 10.2 Å². The molecular formula is C17H28N2. The van der Waals surface area contributed by atoms with E-state index in [2.05, 4.69) is 69.1 Å². The minimum atomic E-state index is 0.154. The fourth-order valence-electron chi connectivity index (χ4n) is 3.27. The van der Waals surface area contributed by atoms with E-state index in [1.807, 2.05) is 0 Å². The van der Waals surface area contributed by atoms with Crippen molar-refractivity contribution >= 4 is 5.69 Å². The van der Waals surface area contributed by atoms with Crippen LogP contribution >= 0.6 is 0 Å². The molecule has 19 heavy (non-hydrogen) atoms. The van der Waals surface area contributed by atoms with Crippen molar-refractivity contribution in [2.75, 3.05) is 18.0 Å². The average molecular weight is 260 g/mol. The SMILES string of the molecule is CC(C)c1ccccc1N1C(C)CCNCC1(C)C. The molecule has 2 heteroatoms. The van der Waals surface area contributed by atoms with E-state index in [0.717, 1.165) is 13.1 Å². The first-order valence-corrected chi connectivity index (χ1v) is 7.52. The first-order valence-electron chi connectivity index (χ1n) is 7.52. The Morgan fingerprint density at radius 2 is 1.95 bits per heavy atom. The molecule has 1 saturated heterocycles. The average Bonchev–Trinajstić information content (AvgIpc) is 2.47. The molecule has 0 radical (unpaired) electrons. The van der Waals surface area contributed by atoms with E-state index in [1.54, 1.807) is 0 Å². The molecule has 1 atom stereocenters. The van der Waals surface area contributed by atoms with Crippen molar-refractivity contribution in [2.45, 2.75) is 58.5 Å². The summed E-state index contributed by atoms with van der Waals surface area (Å²) in [5.74, 6) is 0.565. The van der Waals surface area contributed by atoms with Gasteiger partial charge in [-0.2, -0.15) is 0 Å². The lowest BCUT2D eigenvalue weighted by atomic mass is 9.94. The number of rotatable bonds is 2. The van der Waals surface area contributed by atoms with Crippen LogP contribution < -0.4 is 10.2 Å². The van der Waals surface area contributed by atoms with Crippen molar-refractivity contribution in [3.8, 4) is 0 Å². The Bertz CT molecular complexity index is 423. The van der Waals surface area contributed by atoms with Crippen molar-refractivity contribution in [1.29, 1.82) is 0 Å². The van der Waals surface area contributed by atoms with Crippen molar-refractivity contribution in [3.05, 3.63) is 29.8 Å². The Morgan fingerprint density at radius 1 is 1.26 bits per heavy atom. The minimum Gasteiger partial charge on any atom is -0.362 e. The zero-order valence-corrected chi connectivity index (χ0v) is 13.0. The topological polar surface area (TPSA) is 15.3 Å². The van der Waals surface area contributed by atoms with Gasteiger partial charge in [0, 0.05) is 23.8 Å². The molecule has 1 aromatic carbocycles. The highest BCUT2D eigenvalue weighted by atomic mass is 15.3. The maximum absolute atomic E-state index is 3.57. The largest absolute Gasteiger partial charge is 0.362 e. The fourth-order valence-corrected chi connectivity index (χ4v) is 3.27. The van der Waals surface area contributed by atoms with Crippen molar-refractivity contribution in [1.82, 2.24) is 5.32 Å². The van der Waals surface area contributed by atoms with Gasteiger partial charge in [-0.15, -0.1) is 0 Å². The molecule has 0 aromatic heterocycles. The number of anilines is 1. The summed E-state index contributed by atoms with van der Waals surface area (Å²) >= 11 is 0. The second-order valence-electron chi connectivity index (χ2n) is 6.71. The van der Waals surface area contributed by atoms with Gasteiger partial charge >= 0.3 is 0 Å². The summed E-state index contributed by atoms with van der Waals surface area (Å²) in [4.78, 5) is 2.63. The maximum Gasteiger partial charge on any atom is 0.0473 e. The number of hydrogen-bond acceptors (Lipinski definition) is 2. The normalized spacial score (nSPS) is 23.5. The molecule has 1 aliphatic heterocycles. The maximum atomic E-state index is 3.57. The molecule has 106 valence electrons. The lowest BCUT2D eigenvalue weighted by molar-refractivity contribution is 0.431. The molecule has 1 heterocycles. The summed E-state index contributed by atoms with van der Waals surface area (Å²) in [6.45, 7) is 13.8. The van der Waals surface area contributed by atoms with Gasteiger partial charge in [0.15, 0.2) is 0 Å². The van der Waals surface area contributed by atoms with Gasteiger partial charge in [0.1, 0.15) is 0 Å². The second kappa shape index (κ2) is 5.54. The third-order valence-corrected chi connectivity index (χ3v) is 4.21. The van der Waals surface area contributed by atoms with E-state index in [9.17, 15) is 0 Å². The molecular weight excluding hydrogens is 232 g/mol. The van der Waals surface area contributed by atoms with Crippen LogP contribution in [-0.2, 0) is 0 Å². The predicted octanol–water partition coefficient (Wildman–Crippen LogP) is 3.78. The van der Waals surface area contributed by atoms with Gasteiger partial charge in [0.05, 0.1) is 0 Å². The molecule has 1 unspecified atom stereocenters. The van der Waals surface area contributed by atoms with E-state index in [1.165, 1.54) is 17.7 Å². The highest BCUT2D eigenvalue weighted by Crippen LogP contribution is 2.34. The first-order chi connectivity index (χ1) is 8.93. The second-order valence-corrected chi connectivity index (χ2v) is 6.71. The Kier molecular flexibility index (Phi) is 4.19. The molecule has 0 aliphatic carbocycles. The number of para-hydroxylation sites is 1. The Morgan fingerprint density at radius 3 is 2.63 bits per heavy atom. The van der Waals surface area contributed by atoms with Crippen LogP contribution in [0, 0.1) is 0 Å². The van der Waals surface area contributed by atoms with E-state index in [0.29, 0.717) is 12.0 Å². The van der Waals surface area contributed by atoms with Crippen LogP contribution in [0.1, 0.15) is 52.5 Å². The smallest absolute Gasteiger partial charge is 0.0473 e. The summed E-state index contributed by atoms with van der Waals surface area (Å²) in [6.07, 6.45) is 1.20. The predicted molar refractivity (Wildman–Crippen MR) is 84.0 cm³/mol. The summed E-state index contributed by atoms with van der Waals surface area (Å²) in [7, 11) is 0. The zero-order valence-electron chi connectivity index (χ0n) is 13.0. The van der Waals surface area contributed by atoms with Crippen LogP contribution in [0.2, 0.25) is 0 Å². The standard InChI is InChI=1S/C17H28N2/c1-13(2)15-8-6-7-9-16(15)19-14(3)10-11-18-12-17(19,4)5/h6-9,13-14,18H,10-12H2,1-5H3. The van der Waals surface area contributed by atoms with Crippen molar-refractivity contribution in [2.24, 2.45) is 0 Å². The van der Waals surface area contributed by atoms with Gasteiger partial charge in [0.2, 0.25) is 0 Å². The summed E-state index contributed by atoms with van der Waals surface area (Å²) in [6, 6.07) is 9.47. The van der Waals surface area contributed by atoms with E-state index >= 15 is 0 Å². The van der Waals surface area contributed by atoms with Gasteiger partial charge in [0.25, 0.3) is 0 Å². The molecule has 1 aromatic rings. The van der Waals surface area contributed by atoms with Crippen LogP contribution in [0.4, 0.5) is 5.69 Å². The molecule has 0 bridgehead atoms. The summed E-state index contributed by atoms with van der Waals surface area (Å²) < 4.78 is 0. The molecule has 1 N–H and O–H groups in total. The van der Waals surface area contributed by atoms with Gasteiger partial charge in [-0.1, -0.05) is 32.0 Å². The highest BCUT2D eigenvalue weighted by Gasteiger charge is 2.33. The Balaban J connectivity index is 2.47. The zero-order chi connectivity index (χ0) is 14.0. The van der Waals surface area contributed by atoms with Gasteiger partial charge in [-0.3, -0.25) is 0 Å². The Labute approximate surface area is 118 Å². The third-order valence-electron chi connectivity index (χ3n) is 4.21. The minimum absolute atomic E-state index is 0.154. The monoisotopic (exact) mass is 260 g/mol. The third kappa shape index (κ3) is 2.94. The number of nitrogens with one attached hydrogen (secondary N) is 1. The Hall–Kier alpha value is -1.02. The van der Waals surface area contributed by atoms with E-state index in [4.69, 9.17) is 0 Å². The summed E-state index contributed by atoms with van der Waals surface area (Å²) in [5, 5.41) is 3.57. The van der Waals surface area contributed by atoms with Crippen molar-refractivity contribution in [3.63, 3.8) is 0 Å². The number of hydrogen-bond donors (Lipinski definition) is 1. The van der Waals surface area contributed by atoms with E-state index in [-0.39, 0.29) is 5.54 Å². The molecule has 0 amide bonds. The van der Waals surface area contributed by atoms with Crippen LogP contribution in [0.5, 0.6) is 0 Å². The quantitative estimate of drug-likeness (QED) is 0.870. The fraction of sp³-hybridized carbons (Fsp3) is 0.647. The van der Waals surface area contributed by atoms with Gasteiger partial charge in [-0.25, -0.2) is 0 Å². The van der Waals surface area contributed by atoms with Crippen molar-refractivity contribution < 1.29 is 0 Å². The van der Waals surface area contributed by atoms with Crippen LogP contribution in [-0.4, -0.2) is 24.7 Å². The highest BCUT2D eigenvalue weighted by molar-refractivity contribution is 5.57.